The van der Waals surface area contributed by atoms with E-state index in [4.69, 9.17) is 16.3 Å². The van der Waals surface area contributed by atoms with Gasteiger partial charge in [-0.1, -0.05) is 18.5 Å². The minimum atomic E-state index is -3.58. The quantitative estimate of drug-likeness (QED) is 0.678. The van der Waals surface area contributed by atoms with E-state index >= 15 is 0 Å². The van der Waals surface area contributed by atoms with E-state index in [1.54, 1.807) is 13.0 Å². The van der Waals surface area contributed by atoms with Crippen LogP contribution < -0.4 is 10.0 Å². The Morgan fingerprint density at radius 3 is 2.62 bits per heavy atom. The third-order valence-electron chi connectivity index (χ3n) is 3.06. The number of benzene rings is 1. The third kappa shape index (κ3) is 5.56. The molecule has 0 aliphatic heterocycles. The van der Waals surface area contributed by atoms with Crippen molar-refractivity contribution in [2.24, 2.45) is 0 Å². The summed E-state index contributed by atoms with van der Waals surface area (Å²) in [4.78, 5) is 0.222. The van der Waals surface area contributed by atoms with Gasteiger partial charge in [0.1, 0.15) is 0 Å². The van der Waals surface area contributed by atoms with Crippen molar-refractivity contribution in [1.29, 1.82) is 0 Å². The smallest absolute Gasteiger partial charge is 0.240 e. The molecule has 0 saturated carbocycles. The number of hydrogen-bond acceptors (Lipinski definition) is 4. The van der Waals surface area contributed by atoms with Crippen LogP contribution in [-0.2, 0) is 21.3 Å². The lowest BCUT2D eigenvalue weighted by Crippen LogP contribution is -2.28. The predicted octanol–water partition coefficient (Wildman–Crippen LogP) is 2.07. The molecule has 0 atom stereocenters. The molecule has 0 spiro atoms. The van der Waals surface area contributed by atoms with Crippen LogP contribution in [0.25, 0.3) is 0 Å². The normalized spacial score (nSPS) is 11.8. The third-order valence-corrected chi connectivity index (χ3v) is 4.87. The fraction of sp³-hybridized carbons (Fsp3) is 0.571. The molecule has 7 heteroatoms. The summed E-state index contributed by atoms with van der Waals surface area (Å²) in [5.41, 5.74) is 1.61. The Morgan fingerprint density at radius 1 is 1.29 bits per heavy atom. The molecule has 0 amide bonds. The van der Waals surface area contributed by atoms with Gasteiger partial charge in [0, 0.05) is 25.2 Å². The van der Waals surface area contributed by atoms with Crippen LogP contribution in [0, 0.1) is 6.92 Å². The lowest BCUT2D eigenvalue weighted by atomic mass is 10.1. The monoisotopic (exact) mass is 334 g/mol. The van der Waals surface area contributed by atoms with Crippen molar-refractivity contribution in [2.45, 2.75) is 31.7 Å². The summed E-state index contributed by atoms with van der Waals surface area (Å²) >= 11 is 6.06. The standard InChI is InChI=1S/C14H23ClN2O3S/c1-4-5-16-10-12-8-13(15)9-14(11(12)2)21(18,19)17-6-7-20-3/h8-9,16-17H,4-7,10H2,1-3H3. The van der Waals surface area contributed by atoms with Crippen LogP contribution >= 0.6 is 11.6 Å². The summed E-state index contributed by atoms with van der Waals surface area (Å²) in [6.45, 7) is 5.90. The van der Waals surface area contributed by atoms with Crippen LogP contribution in [0.2, 0.25) is 5.02 Å². The first-order valence-electron chi connectivity index (χ1n) is 6.90. The molecule has 1 aromatic carbocycles. The molecule has 0 unspecified atom stereocenters. The highest BCUT2D eigenvalue weighted by Crippen LogP contribution is 2.24. The van der Waals surface area contributed by atoms with Crippen LogP contribution in [-0.4, -0.2) is 35.2 Å². The van der Waals surface area contributed by atoms with Crippen LogP contribution in [0.15, 0.2) is 17.0 Å². The first-order valence-corrected chi connectivity index (χ1v) is 8.76. The van der Waals surface area contributed by atoms with Crippen LogP contribution in [0.3, 0.4) is 0 Å². The Hall–Kier alpha value is -0.660. The van der Waals surface area contributed by atoms with Crippen LogP contribution in [0.1, 0.15) is 24.5 Å². The molecule has 0 aliphatic rings. The maximum atomic E-state index is 12.3. The summed E-state index contributed by atoms with van der Waals surface area (Å²) in [5.74, 6) is 0. The molecule has 0 aromatic heterocycles. The van der Waals surface area contributed by atoms with Crippen molar-refractivity contribution >= 4 is 21.6 Å². The summed E-state index contributed by atoms with van der Waals surface area (Å²) in [6.07, 6.45) is 1.02. The zero-order valence-electron chi connectivity index (χ0n) is 12.7. The molecule has 0 fully saturated rings. The Kier molecular flexibility index (Phi) is 7.62. The molecule has 0 radical (unpaired) electrons. The maximum Gasteiger partial charge on any atom is 0.240 e. The molecular weight excluding hydrogens is 312 g/mol. The highest BCUT2D eigenvalue weighted by molar-refractivity contribution is 7.89. The minimum absolute atomic E-state index is 0.222. The molecule has 2 N–H and O–H groups in total. The Morgan fingerprint density at radius 2 is 2.00 bits per heavy atom. The van der Waals surface area contributed by atoms with E-state index in [1.807, 2.05) is 0 Å². The first-order chi connectivity index (χ1) is 9.92. The van der Waals surface area contributed by atoms with Gasteiger partial charge in [0.2, 0.25) is 10.0 Å². The molecule has 0 saturated heterocycles. The van der Waals surface area contributed by atoms with E-state index in [2.05, 4.69) is 17.0 Å². The average molecular weight is 335 g/mol. The van der Waals surface area contributed by atoms with Crippen molar-refractivity contribution in [2.75, 3.05) is 26.8 Å². The Bertz CT molecular complexity index is 562. The summed E-state index contributed by atoms with van der Waals surface area (Å²) in [7, 11) is -2.06. The zero-order chi connectivity index (χ0) is 15.9. The lowest BCUT2D eigenvalue weighted by Gasteiger charge is -2.14. The predicted molar refractivity (Wildman–Crippen MR) is 85.3 cm³/mol. The number of hydrogen-bond donors (Lipinski definition) is 2. The molecule has 1 rings (SSSR count). The number of nitrogens with one attached hydrogen (secondary N) is 2. The maximum absolute atomic E-state index is 12.3. The molecule has 0 heterocycles. The number of ether oxygens (including phenoxy) is 1. The van der Waals surface area contributed by atoms with Crippen LogP contribution in [0.4, 0.5) is 0 Å². The van der Waals surface area contributed by atoms with Gasteiger partial charge in [-0.3, -0.25) is 0 Å². The van der Waals surface area contributed by atoms with E-state index in [9.17, 15) is 8.42 Å². The van der Waals surface area contributed by atoms with Gasteiger partial charge in [0.25, 0.3) is 0 Å². The van der Waals surface area contributed by atoms with Gasteiger partial charge in [-0.25, -0.2) is 13.1 Å². The zero-order valence-corrected chi connectivity index (χ0v) is 14.3. The van der Waals surface area contributed by atoms with Crippen molar-refractivity contribution < 1.29 is 13.2 Å². The van der Waals surface area contributed by atoms with Gasteiger partial charge in [-0.15, -0.1) is 0 Å². The molecule has 5 nitrogen and oxygen atoms in total. The van der Waals surface area contributed by atoms with Crippen LogP contribution in [0.5, 0.6) is 0 Å². The Balaban J connectivity index is 3.01. The van der Waals surface area contributed by atoms with Gasteiger partial charge in [0.15, 0.2) is 0 Å². The van der Waals surface area contributed by atoms with Crippen molar-refractivity contribution in [3.05, 3.63) is 28.3 Å². The number of methoxy groups -OCH3 is 1. The van der Waals surface area contributed by atoms with Gasteiger partial charge >= 0.3 is 0 Å². The minimum Gasteiger partial charge on any atom is -0.383 e. The van der Waals surface area contributed by atoms with E-state index in [-0.39, 0.29) is 11.4 Å². The van der Waals surface area contributed by atoms with E-state index < -0.39 is 10.0 Å². The van der Waals surface area contributed by atoms with Crippen molar-refractivity contribution in [3.63, 3.8) is 0 Å². The van der Waals surface area contributed by atoms with E-state index in [0.29, 0.717) is 23.7 Å². The van der Waals surface area contributed by atoms with Gasteiger partial charge in [-0.2, -0.15) is 0 Å². The second-order valence-corrected chi connectivity index (χ2v) is 6.93. The number of sulfonamides is 1. The molecular formula is C14H23ClN2O3S. The molecule has 0 bridgehead atoms. The fourth-order valence-corrected chi connectivity index (χ4v) is 3.56. The Labute approximate surface area is 132 Å². The van der Waals surface area contributed by atoms with E-state index in [1.165, 1.54) is 13.2 Å². The van der Waals surface area contributed by atoms with Crippen molar-refractivity contribution in [3.8, 4) is 0 Å². The molecule has 21 heavy (non-hydrogen) atoms. The van der Waals surface area contributed by atoms with Gasteiger partial charge in [-0.05, 0) is 43.1 Å². The topological polar surface area (TPSA) is 67.4 Å². The summed E-state index contributed by atoms with van der Waals surface area (Å²) < 4.78 is 32.0. The number of halogens is 1. The second-order valence-electron chi connectivity index (χ2n) is 4.76. The SMILES string of the molecule is CCCNCc1cc(Cl)cc(S(=O)(=O)NCCOC)c1C. The first kappa shape index (κ1) is 18.4. The highest BCUT2D eigenvalue weighted by Gasteiger charge is 2.19. The average Bonchev–Trinajstić information content (AvgIpc) is 2.42. The lowest BCUT2D eigenvalue weighted by molar-refractivity contribution is 0.204. The van der Waals surface area contributed by atoms with Crippen molar-refractivity contribution in [1.82, 2.24) is 10.0 Å². The summed E-state index contributed by atoms with van der Waals surface area (Å²) in [6, 6.07) is 3.28. The van der Waals surface area contributed by atoms with Gasteiger partial charge < -0.3 is 10.1 Å². The highest BCUT2D eigenvalue weighted by atomic mass is 35.5. The summed E-state index contributed by atoms with van der Waals surface area (Å²) in [5, 5.41) is 3.67. The second kappa shape index (κ2) is 8.70. The molecule has 120 valence electrons. The molecule has 0 aliphatic carbocycles. The van der Waals surface area contributed by atoms with E-state index in [0.717, 1.165) is 18.5 Å². The largest absolute Gasteiger partial charge is 0.383 e. The number of rotatable bonds is 9. The fourth-order valence-electron chi connectivity index (χ4n) is 1.93. The molecule has 1 aromatic rings. The van der Waals surface area contributed by atoms with Gasteiger partial charge in [0.05, 0.1) is 11.5 Å².